The molecule has 6 heteroatoms. The molecule has 0 aliphatic carbocycles. The molecule has 2 aliphatic heterocycles. The van der Waals surface area contributed by atoms with Crippen molar-refractivity contribution in [1.82, 2.24) is 4.98 Å². The first-order valence-corrected chi connectivity index (χ1v) is 8.23. The molecule has 0 N–H and O–H groups in total. The topological polar surface area (TPSA) is 61.6 Å². The van der Waals surface area contributed by atoms with Gasteiger partial charge in [-0.15, -0.1) is 0 Å². The third-order valence-electron chi connectivity index (χ3n) is 4.40. The van der Waals surface area contributed by atoms with E-state index in [9.17, 15) is 5.26 Å². The Kier molecular flexibility index (Phi) is 4.69. The van der Waals surface area contributed by atoms with E-state index in [-0.39, 0.29) is 12.2 Å². The van der Waals surface area contributed by atoms with Gasteiger partial charge < -0.3 is 19.3 Å². The minimum atomic E-state index is 0.157. The Morgan fingerprint density at radius 1 is 1.13 bits per heavy atom. The number of aryl methyl sites for hydroxylation is 1. The van der Waals surface area contributed by atoms with Crippen LogP contribution < -0.4 is 9.80 Å². The molecule has 0 radical (unpaired) electrons. The highest BCUT2D eigenvalue weighted by atomic mass is 16.5. The highest BCUT2D eigenvalue weighted by Gasteiger charge is 2.25. The number of pyridine rings is 1. The summed E-state index contributed by atoms with van der Waals surface area (Å²) in [6, 6.07) is 4.34. The second kappa shape index (κ2) is 6.73. The molecule has 0 spiro atoms. The Morgan fingerprint density at radius 2 is 1.74 bits per heavy atom. The Balaban J connectivity index is 1.95. The van der Waals surface area contributed by atoms with Gasteiger partial charge in [0.05, 0.1) is 31.0 Å². The number of rotatable bonds is 2. The summed E-state index contributed by atoms with van der Waals surface area (Å²) in [5, 5.41) is 9.56. The zero-order valence-electron chi connectivity index (χ0n) is 14.1. The van der Waals surface area contributed by atoms with Gasteiger partial charge in [-0.1, -0.05) is 0 Å². The minimum Gasteiger partial charge on any atom is -0.375 e. The van der Waals surface area contributed by atoms with Crippen LogP contribution in [0.4, 0.5) is 11.6 Å². The second-order valence-corrected chi connectivity index (χ2v) is 6.36. The minimum absolute atomic E-state index is 0.157. The number of hydrogen-bond acceptors (Lipinski definition) is 6. The van der Waals surface area contributed by atoms with Gasteiger partial charge in [0.2, 0.25) is 0 Å². The van der Waals surface area contributed by atoms with Crippen LogP contribution in [0.3, 0.4) is 0 Å². The maximum atomic E-state index is 9.56. The van der Waals surface area contributed by atoms with E-state index < -0.39 is 0 Å². The summed E-state index contributed by atoms with van der Waals surface area (Å²) in [6.07, 6.45) is 0.359. The van der Waals surface area contributed by atoms with Crippen LogP contribution >= 0.6 is 0 Å². The van der Waals surface area contributed by atoms with Crippen molar-refractivity contribution in [3.63, 3.8) is 0 Å². The molecule has 3 heterocycles. The Morgan fingerprint density at radius 3 is 2.35 bits per heavy atom. The van der Waals surface area contributed by atoms with Crippen LogP contribution in [0, 0.1) is 18.3 Å². The van der Waals surface area contributed by atoms with Crippen molar-refractivity contribution in [3.8, 4) is 6.07 Å². The predicted molar refractivity (Wildman–Crippen MR) is 88.9 cm³/mol. The molecule has 6 nitrogen and oxygen atoms in total. The zero-order chi connectivity index (χ0) is 16.4. The van der Waals surface area contributed by atoms with Crippen molar-refractivity contribution in [2.75, 3.05) is 49.2 Å². The molecule has 23 heavy (non-hydrogen) atoms. The van der Waals surface area contributed by atoms with E-state index in [2.05, 4.69) is 29.7 Å². The van der Waals surface area contributed by atoms with Crippen LogP contribution in [0.15, 0.2) is 6.07 Å². The van der Waals surface area contributed by atoms with Gasteiger partial charge in [0.1, 0.15) is 17.7 Å². The average Bonchev–Trinajstić information content (AvgIpc) is 2.54. The molecule has 0 amide bonds. The van der Waals surface area contributed by atoms with Gasteiger partial charge in [-0.3, -0.25) is 0 Å². The summed E-state index contributed by atoms with van der Waals surface area (Å²) < 4.78 is 11.2. The molecular weight excluding hydrogens is 292 g/mol. The van der Waals surface area contributed by atoms with Gasteiger partial charge >= 0.3 is 0 Å². The molecular formula is C17H24N4O2. The maximum Gasteiger partial charge on any atom is 0.149 e. The first kappa shape index (κ1) is 16.0. The number of anilines is 2. The Labute approximate surface area is 137 Å². The quantitative estimate of drug-likeness (QED) is 0.828. The zero-order valence-corrected chi connectivity index (χ0v) is 14.1. The first-order valence-electron chi connectivity index (χ1n) is 8.23. The largest absolute Gasteiger partial charge is 0.375 e. The molecule has 1 aromatic rings. The average molecular weight is 316 g/mol. The van der Waals surface area contributed by atoms with Crippen LogP contribution in [-0.4, -0.2) is 56.6 Å². The van der Waals surface area contributed by atoms with Crippen molar-refractivity contribution < 1.29 is 9.47 Å². The van der Waals surface area contributed by atoms with Crippen molar-refractivity contribution >= 4 is 11.6 Å². The molecule has 2 aliphatic rings. The SMILES string of the molecule is Cc1cc(N2CCO[C@H](C)C2)nc(N2CCO[C@@H](C)C2)c1C#N. The van der Waals surface area contributed by atoms with Crippen molar-refractivity contribution in [3.05, 3.63) is 17.2 Å². The number of nitrogens with zero attached hydrogens (tertiary/aromatic N) is 4. The molecule has 0 aromatic carbocycles. The third kappa shape index (κ3) is 3.41. The fraction of sp³-hybridized carbons (Fsp3) is 0.647. The molecule has 2 saturated heterocycles. The second-order valence-electron chi connectivity index (χ2n) is 6.36. The molecule has 1 aromatic heterocycles. The van der Waals surface area contributed by atoms with E-state index in [4.69, 9.17) is 14.5 Å². The number of hydrogen-bond donors (Lipinski definition) is 0. The van der Waals surface area contributed by atoms with Crippen molar-refractivity contribution in [2.24, 2.45) is 0 Å². The lowest BCUT2D eigenvalue weighted by Gasteiger charge is -2.35. The molecule has 3 rings (SSSR count). The van der Waals surface area contributed by atoms with Gasteiger partial charge in [0.15, 0.2) is 0 Å². The van der Waals surface area contributed by atoms with E-state index >= 15 is 0 Å². The summed E-state index contributed by atoms with van der Waals surface area (Å²) in [5.41, 5.74) is 1.65. The summed E-state index contributed by atoms with van der Waals surface area (Å²) >= 11 is 0. The predicted octanol–water partition coefficient (Wildman–Crippen LogP) is 1.71. The highest BCUT2D eigenvalue weighted by molar-refractivity contribution is 5.63. The summed E-state index contributed by atoms with van der Waals surface area (Å²) in [4.78, 5) is 9.26. The van der Waals surface area contributed by atoms with E-state index in [1.54, 1.807) is 0 Å². The van der Waals surface area contributed by atoms with E-state index in [0.717, 1.165) is 43.4 Å². The molecule has 0 saturated carbocycles. The summed E-state index contributed by atoms with van der Waals surface area (Å²) in [7, 11) is 0. The van der Waals surface area contributed by atoms with Crippen molar-refractivity contribution in [1.29, 1.82) is 5.26 Å². The molecule has 124 valence electrons. The molecule has 2 fully saturated rings. The van der Waals surface area contributed by atoms with Gasteiger partial charge in [-0.25, -0.2) is 4.98 Å². The Bertz CT molecular complexity index is 613. The van der Waals surface area contributed by atoms with Crippen LogP contribution in [0.2, 0.25) is 0 Å². The van der Waals surface area contributed by atoms with Crippen molar-refractivity contribution in [2.45, 2.75) is 33.0 Å². The van der Waals surface area contributed by atoms with E-state index in [1.165, 1.54) is 0 Å². The molecule has 0 unspecified atom stereocenters. The lowest BCUT2D eigenvalue weighted by atomic mass is 10.1. The van der Waals surface area contributed by atoms with Gasteiger partial charge in [0, 0.05) is 26.2 Å². The maximum absolute atomic E-state index is 9.56. The summed E-state index contributed by atoms with van der Waals surface area (Å²) in [5.74, 6) is 1.72. The van der Waals surface area contributed by atoms with E-state index in [0.29, 0.717) is 18.8 Å². The molecule has 0 bridgehead atoms. The van der Waals surface area contributed by atoms with Gasteiger partial charge in [0.25, 0.3) is 0 Å². The van der Waals surface area contributed by atoms with Gasteiger partial charge in [-0.2, -0.15) is 5.26 Å². The number of morpholine rings is 2. The van der Waals surface area contributed by atoms with E-state index in [1.807, 2.05) is 13.0 Å². The third-order valence-corrected chi connectivity index (χ3v) is 4.40. The lowest BCUT2D eigenvalue weighted by molar-refractivity contribution is 0.0524. The number of ether oxygens (including phenoxy) is 2. The van der Waals surface area contributed by atoms with Crippen LogP contribution in [0.5, 0.6) is 0 Å². The monoisotopic (exact) mass is 316 g/mol. The molecule has 2 atom stereocenters. The van der Waals surface area contributed by atoms with Gasteiger partial charge in [-0.05, 0) is 32.4 Å². The number of aromatic nitrogens is 1. The normalized spacial score (nSPS) is 25.3. The Hall–Kier alpha value is -1.84. The summed E-state index contributed by atoms with van der Waals surface area (Å²) in [6.45, 7) is 10.7. The smallest absolute Gasteiger partial charge is 0.149 e. The van der Waals surface area contributed by atoms with Crippen LogP contribution in [-0.2, 0) is 9.47 Å². The first-order chi connectivity index (χ1) is 11.1. The van der Waals surface area contributed by atoms with Crippen LogP contribution in [0.25, 0.3) is 0 Å². The number of nitriles is 1. The lowest BCUT2D eigenvalue weighted by Crippen LogP contribution is -2.43. The fourth-order valence-corrected chi connectivity index (χ4v) is 3.21. The van der Waals surface area contributed by atoms with Crippen LogP contribution in [0.1, 0.15) is 25.0 Å². The highest BCUT2D eigenvalue weighted by Crippen LogP contribution is 2.28. The standard InChI is InChI=1S/C17H24N4O2/c1-12-8-16(20-4-6-22-13(2)10-20)19-17(15(12)9-18)21-5-7-23-14(3)11-21/h8,13-14H,4-7,10-11H2,1-3H3/t13-,14+/m1/s1. The fourth-order valence-electron chi connectivity index (χ4n) is 3.21.